The minimum absolute atomic E-state index is 0.0421. The molecule has 0 fully saturated rings. The molecule has 0 aromatic heterocycles. The van der Waals surface area contributed by atoms with E-state index in [1.54, 1.807) is 12.1 Å². The van der Waals surface area contributed by atoms with Crippen molar-refractivity contribution in [2.75, 3.05) is 6.61 Å². The van der Waals surface area contributed by atoms with Gasteiger partial charge in [-0.05, 0) is 56.2 Å². The highest BCUT2D eigenvalue weighted by Crippen LogP contribution is 2.17. The van der Waals surface area contributed by atoms with Crippen LogP contribution in [0.3, 0.4) is 0 Å². The molecule has 0 bridgehead atoms. The van der Waals surface area contributed by atoms with Gasteiger partial charge in [-0.25, -0.2) is 4.39 Å². The molecule has 7 heteroatoms. The molecule has 0 saturated carbocycles. The minimum Gasteiger partial charge on any atom is -0.484 e. The number of halogens is 1. The second kappa shape index (κ2) is 8.84. The van der Waals surface area contributed by atoms with E-state index in [4.69, 9.17) is 9.47 Å². The van der Waals surface area contributed by atoms with E-state index in [-0.39, 0.29) is 12.4 Å². The number of amides is 2. The quantitative estimate of drug-likeness (QED) is 0.776. The number of carbonyl (C=O) groups excluding carboxylic acids is 2. The maximum absolute atomic E-state index is 13.5. The third-order valence-electron chi connectivity index (χ3n) is 3.68. The number of aryl methyl sites for hydroxylation is 2. The summed E-state index contributed by atoms with van der Waals surface area (Å²) in [7, 11) is 0. The number of hydrogen-bond donors (Lipinski definition) is 2. The van der Waals surface area contributed by atoms with Gasteiger partial charge in [-0.15, -0.1) is 0 Å². The Morgan fingerprint density at radius 1 is 1.08 bits per heavy atom. The molecule has 2 rings (SSSR count). The monoisotopic (exact) mass is 360 g/mol. The van der Waals surface area contributed by atoms with Gasteiger partial charge in [0.2, 0.25) is 0 Å². The number of hydrazine groups is 1. The fourth-order valence-corrected chi connectivity index (χ4v) is 2.01. The van der Waals surface area contributed by atoms with Crippen molar-refractivity contribution < 1.29 is 23.5 Å². The van der Waals surface area contributed by atoms with Crippen molar-refractivity contribution in [3.05, 3.63) is 59.4 Å². The van der Waals surface area contributed by atoms with Crippen LogP contribution in [-0.4, -0.2) is 24.5 Å². The van der Waals surface area contributed by atoms with E-state index < -0.39 is 23.7 Å². The van der Waals surface area contributed by atoms with Gasteiger partial charge in [0.1, 0.15) is 5.75 Å². The van der Waals surface area contributed by atoms with Gasteiger partial charge in [0, 0.05) is 0 Å². The molecule has 2 aromatic rings. The summed E-state index contributed by atoms with van der Waals surface area (Å²) in [4.78, 5) is 23.7. The fraction of sp³-hybridized carbons (Fsp3) is 0.263. The van der Waals surface area contributed by atoms with Gasteiger partial charge < -0.3 is 9.47 Å². The van der Waals surface area contributed by atoms with Gasteiger partial charge in [0.25, 0.3) is 11.8 Å². The van der Waals surface area contributed by atoms with Crippen LogP contribution in [0.25, 0.3) is 0 Å². The van der Waals surface area contributed by atoms with Crippen molar-refractivity contribution in [3.8, 4) is 11.5 Å². The average Bonchev–Trinajstić information content (AvgIpc) is 2.62. The highest BCUT2D eigenvalue weighted by atomic mass is 19.1. The van der Waals surface area contributed by atoms with Gasteiger partial charge in [0.15, 0.2) is 24.3 Å². The maximum Gasteiger partial charge on any atom is 0.279 e. The molecule has 0 unspecified atom stereocenters. The molecule has 6 nitrogen and oxygen atoms in total. The van der Waals surface area contributed by atoms with E-state index in [9.17, 15) is 14.0 Å². The van der Waals surface area contributed by atoms with Gasteiger partial charge in [-0.1, -0.05) is 18.2 Å². The molecule has 2 amide bonds. The van der Waals surface area contributed by atoms with E-state index in [2.05, 4.69) is 10.9 Å². The Bertz CT molecular complexity index is 795. The Balaban J connectivity index is 1.76. The largest absolute Gasteiger partial charge is 0.484 e. The van der Waals surface area contributed by atoms with Crippen molar-refractivity contribution in [1.82, 2.24) is 10.9 Å². The van der Waals surface area contributed by atoms with Crippen LogP contribution in [-0.2, 0) is 9.59 Å². The molecule has 2 aromatic carbocycles. The SMILES string of the molecule is Cc1ccc(OCC(=O)NNC(=O)[C@@H](C)Oc2ccccc2F)cc1C. The topological polar surface area (TPSA) is 76.7 Å². The van der Waals surface area contributed by atoms with E-state index in [1.165, 1.54) is 25.1 Å². The van der Waals surface area contributed by atoms with E-state index in [0.29, 0.717) is 5.75 Å². The zero-order valence-electron chi connectivity index (χ0n) is 14.8. The number of benzene rings is 2. The molecule has 0 radical (unpaired) electrons. The smallest absolute Gasteiger partial charge is 0.279 e. The number of hydrogen-bond acceptors (Lipinski definition) is 4. The average molecular weight is 360 g/mol. The van der Waals surface area contributed by atoms with Crippen LogP contribution in [0.4, 0.5) is 4.39 Å². The second-order valence-electron chi connectivity index (χ2n) is 5.76. The molecule has 0 saturated heterocycles. The molecule has 0 heterocycles. The molecular weight excluding hydrogens is 339 g/mol. The predicted molar refractivity (Wildman–Crippen MR) is 94.2 cm³/mol. The molecular formula is C19H21FN2O4. The summed E-state index contributed by atoms with van der Waals surface area (Å²) < 4.78 is 24.1. The van der Waals surface area contributed by atoms with Crippen LogP contribution in [0.5, 0.6) is 11.5 Å². The molecule has 0 aliphatic rings. The lowest BCUT2D eigenvalue weighted by Gasteiger charge is -2.15. The number of nitrogens with one attached hydrogen (secondary N) is 2. The van der Waals surface area contributed by atoms with Crippen molar-refractivity contribution >= 4 is 11.8 Å². The van der Waals surface area contributed by atoms with Crippen LogP contribution in [0, 0.1) is 19.7 Å². The summed E-state index contributed by atoms with van der Waals surface area (Å²) >= 11 is 0. The van der Waals surface area contributed by atoms with E-state index >= 15 is 0 Å². The molecule has 0 spiro atoms. The van der Waals surface area contributed by atoms with Crippen LogP contribution in [0.1, 0.15) is 18.1 Å². The Kier molecular flexibility index (Phi) is 6.54. The summed E-state index contributed by atoms with van der Waals surface area (Å²) in [6.45, 7) is 5.11. The first kappa shape index (κ1) is 19.2. The first-order chi connectivity index (χ1) is 12.4. The van der Waals surface area contributed by atoms with Gasteiger partial charge in [-0.2, -0.15) is 0 Å². The number of ether oxygens (including phenoxy) is 2. The predicted octanol–water partition coefficient (Wildman–Crippen LogP) is 2.44. The minimum atomic E-state index is -0.993. The molecule has 138 valence electrons. The Morgan fingerprint density at radius 3 is 2.50 bits per heavy atom. The van der Waals surface area contributed by atoms with Crippen molar-refractivity contribution in [2.45, 2.75) is 26.9 Å². The lowest BCUT2D eigenvalue weighted by atomic mass is 10.1. The standard InChI is InChI=1S/C19H21FN2O4/c1-12-8-9-15(10-13(12)2)25-11-18(23)21-22-19(24)14(3)26-17-7-5-4-6-16(17)20/h4-10,14H,11H2,1-3H3,(H,21,23)(H,22,24)/t14-/m1/s1. The number of para-hydroxylation sites is 1. The summed E-state index contributed by atoms with van der Waals surface area (Å²) in [5.41, 5.74) is 6.61. The first-order valence-electron chi connectivity index (χ1n) is 8.06. The lowest BCUT2D eigenvalue weighted by Crippen LogP contribution is -2.48. The zero-order valence-corrected chi connectivity index (χ0v) is 14.8. The highest BCUT2D eigenvalue weighted by Gasteiger charge is 2.17. The molecule has 1 atom stereocenters. The second-order valence-corrected chi connectivity index (χ2v) is 5.76. The summed E-state index contributed by atoms with van der Waals surface area (Å²) in [6, 6.07) is 11.2. The van der Waals surface area contributed by atoms with E-state index in [1.807, 2.05) is 26.0 Å². The Labute approximate surface area is 151 Å². The summed E-state index contributed by atoms with van der Waals surface area (Å²) in [6.07, 6.45) is -0.993. The third-order valence-corrected chi connectivity index (χ3v) is 3.68. The fourth-order valence-electron chi connectivity index (χ4n) is 2.01. The first-order valence-corrected chi connectivity index (χ1v) is 8.06. The Hall–Kier alpha value is -3.09. The van der Waals surface area contributed by atoms with Gasteiger partial charge in [-0.3, -0.25) is 20.4 Å². The Morgan fingerprint density at radius 2 is 1.81 bits per heavy atom. The van der Waals surface area contributed by atoms with Crippen LogP contribution in [0.15, 0.2) is 42.5 Å². The maximum atomic E-state index is 13.5. The lowest BCUT2D eigenvalue weighted by molar-refractivity contribution is -0.133. The third kappa shape index (κ3) is 5.47. The molecule has 0 aliphatic heterocycles. The number of carbonyl (C=O) groups is 2. The molecule has 2 N–H and O–H groups in total. The normalized spacial score (nSPS) is 11.4. The van der Waals surface area contributed by atoms with Gasteiger partial charge in [0.05, 0.1) is 0 Å². The van der Waals surface area contributed by atoms with Crippen LogP contribution >= 0.6 is 0 Å². The summed E-state index contributed by atoms with van der Waals surface area (Å²) in [5.74, 6) is -1.20. The van der Waals surface area contributed by atoms with Crippen LogP contribution < -0.4 is 20.3 Å². The van der Waals surface area contributed by atoms with Crippen molar-refractivity contribution in [1.29, 1.82) is 0 Å². The molecule has 0 aliphatic carbocycles. The molecule has 26 heavy (non-hydrogen) atoms. The zero-order chi connectivity index (χ0) is 19.1. The highest BCUT2D eigenvalue weighted by molar-refractivity contribution is 5.85. The van der Waals surface area contributed by atoms with Crippen molar-refractivity contribution in [3.63, 3.8) is 0 Å². The van der Waals surface area contributed by atoms with Gasteiger partial charge >= 0.3 is 0 Å². The summed E-state index contributed by atoms with van der Waals surface area (Å²) in [5, 5.41) is 0. The van der Waals surface area contributed by atoms with E-state index in [0.717, 1.165) is 11.1 Å². The van der Waals surface area contributed by atoms with Crippen molar-refractivity contribution in [2.24, 2.45) is 0 Å². The van der Waals surface area contributed by atoms with Crippen LogP contribution in [0.2, 0.25) is 0 Å². The number of rotatable bonds is 6.